The zero-order valence-corrected chi connectivity index (χ0v) is 21.4. The number of aromatic amines is 1. The first-order valence-corrected chi connectivity index (χ1v) is 12.4. The summed E-state index contributed by atoms with van der Waals surface area (Å²) in [6.45, 7) is 6.20. The summed E-state index contributed by atoms with van der Waals surface area (Å²) in [5.74, 6) is -0.927. The van der Waals surface area contributed by atoms with Gasteiger partial charge in [-0.2, -0.15) is 0 Å². The lowest BCUT2D eigenvalue weighted by Crippen LogP contribution is -2.55. The number of carbonyl (C=O) groups is 3. The van der Waals surface area contributed by atoms with Crippen molar-refractivity contribution < 1.29 is 14.4 Å². The summed E-state index contributed by atoms with van der Waals surface area (Å²) in [5.41, 5.74) is 10.0. The zero-order valence-electron chi connectivity index (χ0n) is 20.7. The second kappa shape index (κ2) is 10.7. The van der Waals surface area contributed by atoms with Gasteiger partial charge in [0.25, 0.3) is 0 Å². The molecule has 1 saturated heterocycles. The van der Waals surface area contributed by atoms with Crippen LogP contribution in [0.1, 0.15) is 26.3 Å². The van der Waals surface area contributed by atoms with E-state index in [1.54, 1.807) is 11.1 Å². The number of H-pyrrole nitrogens is 1. The van der Waals surface area contributed by atoms with Gasteiger partial charge in [0, 0.05) is 42.1 Å². The number of nitrogens with zero attached hydrogens (tertiary/aromatic N) is 3. The van der Waals surface area contributed by atoms with Crippen LogP contribution in [0.2, 0.25) is 5.02 Å². The van der Waals surface area contributed by atoms with E-state index in [2.05, 4.69) is 22.2 Å². The standard InChI is InChI=1S/C26H31ClN6O3/c1-4-16-11-29-25-22(16)23(27)19(12-30-25)17-6-5-7-18(10-17)33-9-8-32(14-21(33)35)20(34)13-31-26(36)24(28)15(2)3/h5-7,10-12,15,24H,4,8-9,13-14,28H2,1-3H3,(H,29,30)(H,31,36)/t24-/m0/s1. The number of hydrogen-bond acceptors (Lipinski definition) is 5. The maximum Gasteiger partial charge on any atom is 0.246 e. The predicted octanol–water partition coefficient (Wildman–Crippen LogP) is 2.72. The lowest BCUT2D eigenvalue weighted by atomic mass is 10.0. The average molecular weight is 511 g/mol. The molecule has 2 aromatic heterocycles. The number of hydrogen-bond donors (Lipinski definition) is 3. The van der Waals surface area contributed by atoms with Crippen LogP contribution < -0.4 is 16.0 Å². The minimum absolute atomic E-state index is 0.0368. The molecule has 4 rings (SSSR count). The van der Waals surface area contributed by atoms with Gasteiger partial charge in [0.15, 0.2) is 0 Å². The normalized spacial score (nSPS) is 15.0. The van der Waals surface area contributed by atoms with Gasteiger partial charge in [-0.05, 0) is 35.6 Å². The van der Waals surface area contributed by atoms with Crippen molar-refractivity contribution in [2.75, 3.05) is 31.1 Å². The number of nitrogens with one attached hydrogen (secondary N) is 2. The number of halogens is 1. The van der Waals surface area contributed by atoms with E-state index in [9.17, 15) is 14.4 Å². The Bertz CT molecular complexity index is 1300. The van der Waals surface area contributed by atoms with Gasteiger partial charge in [0.1, 0.15) is 12.2 Å². The molecule has 3 aromatic rings. The van der Waals surface area contributed by atoms with Crippen molar-refractivity contribution in [1.82, 2.24) is 20.2 Å². The topological polar surface area (TPSA) is 124 Å². The molecule has 10 heteroatoms. The van der Waals surface area contributed by atoms with Crippen molar-refractivity contribution in [2.24, 2.45) is 11.7 Å². The Kier molecular flexibility index (Phi) is 7.61. The van der Waals surface area contributed by atoms with E-state index in [1.165, 1.54) is 4.90 Å². The number of nitrogens with two attached hydrogens (primary N) is 1. The molecule has 9 nitrogen and oxygen atoms in total. The highest BCUT2D eigenvalue weighted by atomic mass is 35.5. The summed E-state index contributed by atoms with van der Waals surface area (Å²) in [6, 6.07) is 6.90. The van der Waals surface area contributed by atoms with E-state index < -0.39 is 6.04 Å². The van der Waals surface area contributed by atoms with Crippen LogP contribution in [0, 0.1) is 5.92 Å². The molecule has 1 aromatic carbocycles. The van der Waals surface area contributed by atoms with Gasteiger partial charge in [-0.1, -0.05) is 44.5 Å². The third-order valence-electron chi connectivity index (χ3n) is 6.58. The highest BCUT2D eigenvalue weighted by Gasteiger charge is 2.29. The molecule has 36 heavy (non-hydrogen) atoms. The third kappa shape index (κ3) is 5.08. The molecular formula is C26H31ClN6O3. The quantitative estimate of drug-likeness (QED) is 0.451. The molecule has 0 saturated carbocycles. The number of benzene rings is 1. The number of amides is 3. The minimum atomic E-state index is -0.682. The molecular weight excluding hydrogens is 480 g/mol. The van der Waals surface area contributed by atoms with Gasteiger partial charge in [0.2, 0.25) is 17.7 Å². The molecule has 1 aliphatic rings. The van der Waals surface area contributed by atoms with Crippen LogP contribution in [-0.2, 0) is 20.8 Å². The number of anilines is 1. The first-order chi connectivity index (χ1) is 17.2. The Hall–Kier alpha value is -3.43. The number of fused-ring (bicyclic) bond motifs is 1. The molecule has 0 unspecified atom stereocenters. The molecule has 3 heterocycles. The molecule has 1 atom stereocenters. The predicted molar refractivity (Wildman–Crippen MR) is 141 cm³/mol. The Balaban J connectivity index is 1.46. The molecule has 3 amide bonds. The summed E-state index contributed by atoms with van der Waals surface area (Å²) in [6.07, 6.45) is 4.49. The lowest BCUT2D eigenvalue weighted by molar-refractivity contribution is -0.137. The molecule has 0 radical (unpaired) electrons. The van der Waals surface area contributed by atoms with E-state index in [-0.39, 0.29) is 36.7 Å². The van der Waals surface area contributed by atoms with Gasteiger partial charge < -0.3 is 25.8 Å². The summed E-state index contributed by atoms with van der Waals surface area (Å²) in [4.78, 5) is 48.4. The Morgan fingerprint density at radius 1 is 1.28 bits per heavy atom. The maximum atomic E-state index is 13.0. The van der Waals surface area contributed by atoms with Crippen molar-refractivity contribution in [3.63, 3.8) is 0 Å². The smallest absolute Gasteiger partial charge is 0.246 e. The van der Waals surface area contributed by atoms with Crippen LogP contribution >= 0.6 is 11.6 Å². The van der Waals surface area contributed by atoms with Crippen LogP contribution in [0.3, 0.4) is 0 Å². The molecule has 0 spiro atoms. The van der Waals surface area contributed by atoms with Crippen molar-refractivity contribution in [3.8, 4) is 11.1 Å². The summed E-state index contributed by atoms with van der Waals surface area (Å²) < 4.78 is 0. The van der Waals surface area contributed by atoms with Gasteiger partial charge in [-0.3, -0.25) is 14.4 Å². The van der Waals surface area contributed by atoms with Crippen molar-refractivity contribution >= 4 is 46.0 Å². The van der Waals surface area contributed by atoms with Crippen LogP contribution in [-0.4, -0.2) is 64.8 Å². The number of rotatable bonds is 7. The first kappa shape index (κ1) is 25.7. The Morgan fingerprint density at radius 3 is 2.75 bits per heavy atom. The van der Waals surface area contributed by atoms with Crippen molar-refractivity contribution in [2.45, 2.75) is 33.2 Å². The van der Waals surface area contributed by atoms with Crippen LogP contribution in [0.25, 0.3) is 22.2 Å². The molecule has 190 valence electrons. The fourth-order valence-electron chi connectivity index (χ4n) is 4.29. The molecule has 0 aliphatic carbocycles. The van der Waals surface area contributed by atoms with E-state index in [0.29, 0.717) is 18.1 Å². The molecule has 0 bridgehead atoms. The summed E-state index contributed by atoms with van der Waals surface area (Å²) in [7, 11) is 0. The van der Waals surface area contributed by atoms with Crippen molar-refractivity contribution in [1.29, 1.82) is 0 Å². The summed E-state index contributed by atoms with van der Waals surface area (Å²) >= 11 is 6.79. The monoisotopic (exact) mass is 510 g/mol. The van der Waals surface area contributed by atoms with Gasteiger partial charge in [-0.25, -0.2) is 4.98 Å². The number of aryl methyl sites for hydroxylation is 1. The van der Waals surface area contributed by atoms with E-state index in [1.807, 2.05) is 44.3 Å². The van der Waals surface area contributed by atoms with Crippen LogP contribution in [0.4, 0.5) is 5.69 Å². The summed E-state index contributed by atoms with van der Waals surface area (Å²) in [5, 5.41) is 4.10. The van der Waals surface area contributed by atoms with E-state index in [4.69, 9.17) is 17.3 Å². The number of carbonyl (C=O) groups excluding carboxylic acids is 3. The zero-order chi connectivity index (χ0) is 26.0. The van der Waals surface area contributed by atoms with Gasteiger partial charge >= 0.3 is 0 Å². The Labute approximate surface area is 215 Å². The highest BCUT2D eigenvalue weighted by Crippen LogP contribution is 2.36. The largest absolute Gasteiger partial charge is 0.346 e. The first-order valence-electron chi connectivity index (χ1n) is 12.1. The minimum Gasteiger partial charge on any atom is -0.346 e. The number of piperazine rings is 1. The van der Waals surface area contributed by atoms with E-state index >= 15 is 0 Å². The van der Waals surface area contributed by atoms with E-state index in [0.717, 1.165) is 39.8 Å². The second-order valence-electron chi connectivity index (χ2n) is 9.28. The lowest BCUT2D eigenvalue weighted by Gasteiger charge is -2.34. The Morgan fingerprint density at radius 2 is 2.06 bits per heavy atom. The number of aromatic nitrogens is 2. The van der Waals surface area contributed by atoms with Crippen LogP contribution in [0.15, 0.2) is 36.7 Å². The number of pyridine rings is 1. The second-order valence-corrected chi connectivity index (χ2v) is 9.65. The van der Waals surface area contributed by atoms with Gasteiger partial charge in [-0.15, -0.1) is 0 Å². The van der Waals surface area contributed by atoms with Crippen molar-refractivity contribution in [3.05, 3.63) is 47.2 Å². The fourth-order valence-corrected chi connectivity index (χ4v) is 4.66. The highest BCUT2D eigenvalue weighted by molar-refractivity contribution is 6.38. The molecule has 1 fully saturated rings. The third-order valence-corrected chi connectivity index (χ3v) is 6.97. The van der Waals surface area contributed by atoms with Gasteiger partial charge in [0.05, 0.1) is 17.6 Å². The maximum absolute atomic E-state index is 13.0. The van der Waals surface area contributed by atoms with Crippen LogP contribution in [0.5, 0.6) is 0 Å². The average Bonchev–Trinajstić information content (AvgIpc) is 3.31. The molecule has 4 N–H and O–H groups in total. The SMILES string of the molecule is CCc1c[nH]c2ncc(-c3cccc(N4CCN(C(=O)CNC(=O)[C@@H](N)C(C)C)CC4=O)c3)c(Cl)c12. The molecule has 1 aliphatic heterocycles. The fraction of sp³-hybridized carbons (Fsp3) is 0.385.